The summed E-state index contributed by atoms with van der Waals surface area (Å²) in [5.74, 6) is 1.22. The molecule has 2 aromatic rings. The van der Waals surface area contributed by atoms with Crippen molar-refractivity contribution in [1.82, 2.24) is 14.9 Å². The SMILES string of the molecule is Cc1cc(C)nc(N2CCC3(CC2)C[C@@H](c2ccccc2)C(=O)N(C2CC2)C3)n1. The molecule has 0 radical (unpaired) electrons. The van der Waals surface area contributed by atoms with Crippen LogP contribution < -0.4 is 4.90 Å². The van der Waals surface area contributed by atoms with E-state index in [1.807, 2.05) is 26.0 Å². The first-order chi connectivity index (χ1) is 14.0. The normalized spacial score (nSPS) is 24.2. The zero-order valence-corrected chi connectivity index (χ0v) is 17.5. The summed E-state index contributed by atoms with van der Waals surface area (Å²) >= 11 is 0. The second-order valence-electron chi connectivity index (χ2n) is 9.30. The summed E-state index contributed by atoms with van der Waals surface area (Å²) in [5.41, 5.74) is 3.45. The van der Waals surface area contributed by atoms with Gasteiger partial charge in [0, 0.05) is 37.1 Å². The number of piperidine rings is 2. The van der Waals surface area contributed by atoms with Crippen molar-refractivity contribution in [3.8, 4) is 0 Å². The van der Waals surface area contributed by atoms with Crippen molar-refractivity contribution >= 4 is 11.9 Å². The van der Waals surface area contributed by atoms with Gasteiger partial charge in [-0.05, 0) is 63.0 Å². The smallest absolute Gasteiger partial charge is 0.230 e. The van der Waals surface area contributed by atoms with E-state index in [-0.39, 0.29) is 11.3 Å². The highest BCUT2D eigenvalue weighted by Gasteiger charge is 2.49. The summed E-state index contributed by atoms with van der Waals surface area (Å²) in [7, 11) is 0. The summed E-state index contributed by atoms with van der Waals surface area (Å²) in [6.45, 7) is 6.94. The van der Waals surface area contributed by atoms with E-state index >= 15 is 0 Å². The Morgan fingerprint density at radius 3 is 2.28 bits per heavy atom. The average molecular weight is 391 g/mol. The molecule has 0 unspecified atom stereocenters. The molecule has 5 heteroatoms. The number of aromatic nitrogens is 2. The molecule has 1 atom stereocenters. The minimum atomic E-state index is 0.00886. The first kappa shape index (κ1) is 18.6. The van der Waals surface area contributed by atoms with Gasteiger partial charge in [0.15, 0.2) is 0 Å². The van der Waals surface area contributed by atoms with Gasteiger partial charge in [-0.1, -0.05) is 30.3 Å². The molecule has 1 saturated carbocycles. The average Bonchev–Trinajstić information content (AvgIpc) is 3.55. The van der Waals surface area contributed by atoms with Gasteiger partial charge in [0.25, 0.3) is 0 Å². The van der Waals surface area contributed by atoms with E-state index in [4.69, 9.17) is 0 Å². The Bertz CT molecular complexity index is 880. The first-order valence-electron chi connectivity index (χ1n) is 11.0. The van der Waals surface area contributed by atoms with Crippen molar-refractivity contribution in [2.24, 2.45) is 5.41 Å². The van der Waals surface area contributed by atoms with E-state index in [9.17, 15) is 4.79 Å². The third-order valence-electron chi connectivity index (χ3n) is 6.99. The quantitative estimate of drug-likeness (QED) is 0.799. The standard InChI is InChI=1S/C24H30N4O/c1-17-14-18(2)26-23(25-17)27-12-10-24(11-13-27)15-21(19-6-4-3-5-7-19)22(29)28(16-24)20-8-9-20/h3-7,14,20-21H,8-13,15-16H2,1-2H3/t21-/m0/s1. The largest absolute Gasteiger partial charge is 0.341 e. The number of carbonyl (C=O) groups is 1. The van der Waals surface area contributed by atoms with Crippen LogP contribution in [0.1, 0.15) is 55.0 Å². The number of rotatable bonds is 3. The van der Waals surface area contributed by atoms with Gasteiger partial charge in [-0.25, -0.2) is 9.97 Å². The number of likely N-dealkylation sites (tertiary alicyclic amines) is 1. The van der Waals surface area contributed by atoms with Gasteiger partial charge in [0.2, 0.25) is 11.9 Å². The third kappa shape index (κ3) is 3.63. The molecule has 3 aliphatic rings. The summed E-state index contributed by atoms with van der Waals surface area (Å²) in [6.07, 6.45) is 5.52. The molecule has 2 saturated heterocycles. The third-order valence-corrected chi connectivity index (χ3v) is 6.99. The van der Waals surface area contributed by atoms with Crippen LogP contribution in [0.25, 0.3) is 0 Å². The molecule has 2 aliphatic heterocycles. The number of aryl methyl sites for hydroxylation is 2. The number of nitrogens with zero attached hydrogens (tertiary/aromatic N) is 4. The van der Waals surface area contributed by atoms with Crippen molar-refractivity contribution in [3.63, 3.8) is 0 Å². The lowest BCUT2D eigenvalue weighted by Crippen LogP contribution is -2.54. The van der Waals surface area contributed by atoms with Crippen molar-refractivity contribution < 1.29 is 4.79 Å². The van der Waals surface area contributed by atoms with Crippen molar-refractivity contribution in [3.05, 3.63) is 53.3 Å². The summed E-state index contributed by atoms with van der Waals surface area (Å²) < 4.78 is 0. The zero-order chi connectivity index (χ0) is 20.0. The maximum atomic E-state index is 13.3. The van der Waals surface area contributed by atoms with Crippen LogP contribution in [0.4, 0.5) is 5.95 Å². The molecule has 1 aromatic carbocycles. The second kappa shape index (κ2) is 7.12. The van der Waals surface area contributed by atoms with Crippen LogP contribution in [0.15, 0.2) is 36.4 Å². The molecular formula is C24H30N4O. The molecule has 5 rings (SSSR count). The number of benzene rings is 1. The number of carbonyl (C=O) groups excluding carboxylic acids is 1. The van der Waals surface area contributed by atoms with Crippen LogP contribution in [-0.4, -0.2) is 46.5 Å². The summed E-state index contributed by atoms with van der Waals surface area (Å²) in [5, 5.41) is 0. The van der Waals surface area contributed by atoms with Gasteiger partial charge in [-0.15, -0.1) is 0 Å². The second-order valence-corrected chi connectivity index (χ2v) is 9.30. The van der Waals surface area contributed by atoms with E-state index in [2.05, 4.69) is 44.0 Å². The van der Waals surface area contributed by atoms with Gasteiger partial charge in [-0.2, -0.15) is 0 Å². The predicted molar refractivity (Wildman–Crippen MR) is 114 cm³/mol. The Kier molecular flexibility index (Phi) is 4.56. The Hall–Kier alpha value is -2.43. The van der Waals surface area contributed by atoms with Gasteiger partial charge in [-0.3, -0.25) is 4.79 Å². The zero-order valence-electron chi connectivity index (χ0n) is 17.5. The summed E-state index contributed by atoms with van der Waals surface area (Å²) in [4.78, 5) is 27.2. The highest BCUT2D eigenvalue weighted by atomic mass is 16.2. The Labute approximate surface area is 173 Å². The molecule has 0 N–H and O–H groups in total. The Morgan fingerprint density at radius 1 is 1.00 bits per heavy atom. The van der Waals surface area contributed by atoms with Crippen LogP contribution in [0.3, 0.4) is 0 Å². The van der Waals surface area contributed by atoms with E-state index in [0.29, 0.717) is 11.9 Å². The molecule has 5 nitrogen and oxygen atoms in total. The molecule has 3 heterocycles. The van der Waals surface area contributed by atoms with E-state index in [1.54, 1.807) is 0 Å². The lowest BCUT2D eigenvalue weighted by molar-refractivity contribution is -0.141. The van der Waals surface area contributed by atoms with Crippen molar-refractivity contribution in [1.29, 1.82) is 0 Å². The molecule has 29 heavy (non-hydrogen) atoms. The Balaban J connectivity index is 1.38. The van der Waals surface area contributed by atoms with Crippen LogP contribution in [-0.2, 0) is 4.79 Å². The lowest BCUT2D eigenvalue weighted by atomic mass is 9.67. The molecule has 3 fully saturated rings. The van der Waals surface area contributed by atoms with Gasteiger partial charge < -0.3 is 9.80 Å². The predicted octanol–water partition coefficient (Wildman–Crippen LogP) is 3.86. The van der Waals surface area contributed by atoms with Gasteiger partial charge in [0.1, 0.15) is 0 Å². The lowest BCUT2D eigenvalue weighted by Gasteiger charge is -2.50. The van der Waals surface area contributed by atoms with Gasteiger partial charge >= 0.3 is 0 Å². The Morgan fingerprint density at radius 2 is 1.66 bits per heavy atom. The van der Waals surface area contributed by atoms with E-state index in [0.717, 1.165) is 56.2 Å². The molecule has 1 aliphatic carbocycles. The number of hydrogen-bond donors (Lipinski definition) is 0. The fourth-order valence-electron chi connectivity index (χ4n) is 5.26. The maximum absolute atomic E-state index is 13.3. The first-order valence-corrected chi connectivity index (χ1v) is 11.0. The van der Waals surface area contributed by atoms with Crippen LogP contribution in [0.2, 0.25) is 0 Å². The molecular weight excluding hydrogens is 360 g/mol. The minimum absolute atomic E-state index is 0.00886. The fraction of sp³-hybridized carbons (Fsp3) is 0.542. The molecule has 1 amide bonds. The van der Waals surface area contributed by atoms with Crippen molar-refractivity contribution in [2.45, 2.75) is 57.9 Å². The van der Waals surface area contributed by atoms with Crippen LogP contribution in [0, 0.1) is 19.3 Å². The number of anilines is 1. The van der Waals surface area contributed by atoms with Crippen molar-refractivity contribution in [2.75, 3.05) is 24.5 Å². The minimum Gasteiger partial charge on any atom is -0.341 e. The maximum Gasteiger partial charge on any atom is 0.230 e. The van der Waals surface area contributed by atoms with Crippen LogP contribution >= 0.6 is 0 Å². The molecule has 152 valence electrons. The fourth-order valence-corrected chi connectivity index (χ4v) is 5.26. The number of hydrogen-bond acceptors (Lipinski definition) is 4. The monoisotopic (exact) mass is 390 g/mol. The summed E-state index contributed by atoms with van der Waals surface area (Å²) in [6, 6.07) is 12.9. The van der Waals surface area contributed by atoms with E-state index < -0.39 is 0 Å². The van der Waals surface area contributed by atoms with Gasteiger partial charge in [0.05, 0.1) is 5.92 Å². The molecule has 1 aromatic heterocycles. The highest BCUT2D eigenvalue weighted by molar-refractivity contribution is 5.85. The number of amides is 1. The highest BCUT2D eigenvalue weighted by Crippen LogP contribution is 2.48. The van der Waals surface area contributed by atoms with E-state index in [1.165, 1.54) is 18.4 Å². The topological polar surface area (TPSA) is 49.3 Å². The molecule has 0 bridgehead atoms. The molecule has 1 spiro atoms. The van der Waals surface area contributed by atoms with Crippen LogP contribution in [0.5, 0.6) is 0 Å².